The van der Waals surface area contributed by atoms with Crippen molar-refractivity contribution in [1.82, 2.24) is 10.2 Å². The summed E-state index contributed by atoms with van der Waals surface area (Å²) in [6.07, 6.45) is 0.245. The zero-order valence-corrected chi connectivity index (χ0v) is 17.5. The van der Waals surface area contributed by atoms with Crippen molar-refractivity contribution in [2.75, 3.05) is 13.7 Å². The second-order valence-electron chi connectivity index (χ2n) is 6.75. The maximum atomic E-state index is 13.2. The Balaban J connectivity index is 2.37. The second kappa shape index (κ2) is 10.9. The molecule has 1 atom stereocenters. The van der Waals surface area contributed by atoms with Crippen LogP contribution in [0.15, 0.2) is 48.5 Å². The van der Waals surface area contributed by atoms with Crippen LogP contribution in [-0.2, 0) is 22.6 Å². The molecule has 0 spiro atoms. The average molecular weight is 413 g/mol. The molecule has 8 heteroatoms. The number of nitro groups is 1. The van der Waals surface area contributed by atoms with E-state index in [0.29, 0.717) is 24.3 Å². The first kappa shape index (κ1) is 22.9. The van der Waals surface area contributed by atoms with Crippen LogP contribution in [0.5, 0.6) is 5.75 Å². The molecular weight excluding hydrogens is 386 g/mol. The molecule has 2 aromatic carbocycles. The number of nitro benzene ring substituents is 1. The number of methoxy groups -OCH3 is 1. The largest absolute Gasteiger partial charge is 0.497 e. The Morgan fingerprint density at radius 1 is 1.17 bits per heavy atom. The quantitative estimate of drug-likeness (QED) is 0.476. The number of nitrogens with one attached hydrogen (secondary N) is 1. The number of para-hydroxylation sites is 1. The van der Waals surface area contributed by atoms with Gasteiger partial charge in [-0.15, -0.1) is 0 Å². The van der Waals surface area contributed by atoms with Crippen LogP contribution >= 0.6 is 0 Å². The topological polar surface area (TPSA) is 102 Å². The van der Waals surface area contributed by atoms with Crippen molar-refractivity contribution in [3.05, 3.63) is 69.8 Å². The molecule has 0 saturated carbocycles. The third-order valence-electron chi connectivity index (χ3n) is 4.75. The maximum absolute atomic E-state index is 13.2. The molecule has 0 saturated heterocycles. The van der Waals surface area contributed by atoms with Crippen molar-refractivity contribution in [2.45, 2.75) is 39.3 Å². The lowest BCUT2D eigenvalue weighted by atomic mass is 10.1. The van der Waals surface area contributed by atoms with E-state index in [2.05, 4.69) is 5.32 Å². The fraction of sp³-hybridized carbons (Fsp3) is 0.364. The molecule has 0 aliphatic carbocycles. The number of hydrogen-bond donors (Lipinski definition) is 1. The van der Waals surface area contributed by atoms with Crippen LogP contribution in [-0.4, -0.2) is 41.3 Å². The summed E-state index contributed by atoms with van der Waals surface area (Å²) in [5.74, 6) is 0.0358. The predicted molar refractivity (Wildman–Crippen MR) is 113 cm³/mol. The zero-order chi connectivity index (χ0) is 22.1. The molecule has 160 valence electrons. The zero-order valence-electron chi connectivity index (χ0n) is 17.5. The normalized spacial score (nSPS) is 11.4. The summed E-state index contributed by atoms with van der Waals surface area (Å²) in [4.78, 5) is 38.2. The molecular formula is C22H27N3O5. The summed E-state index contributed by atoms with van der Waals surface area (Å²) < 4.78 is 5.25. The van der Waals surface area contributed by atoms with E-state index < -0.39 is 11.0 Å². The Hall–Kier alpha value is -3.42. The van der Waals surface area contributed by atoms with E-state index >= 15 is 0 Å². The van der Waals surface area contributed by atoms with Crippen molar-refractivity contribution in [1.29, 1.82) is 0 Å². The number of hydrogen-bond acceptors (Lipinski definition) is 5. The molecule has 1 N–H and O–H groups in total. The summed E-state index contributed by atoms with van der Waals surface area (Å²) in [6, 6.07) is 12.7. The summed E-state index contributed by atoms with van der Waals surface area (Å²) in [7, 11) is 1.56. The van der Waals surface area contributed by atoms with Gasteiger partial charge in [0.1, 0.15) is 11.8 Å². The van der Waals surface area contributed by atoms with Gasteiger partial charge in [-0.1, -0.05) is 37.3 Å². The Labute approximate surface area is 176 Å². The molecule has 0 heterocycles. The Kier molecular flexibility index (Phi) is 8.34. The van der Waals surface area contributed by atoms with Gasteiger partial charge < -0.3 is 15.0 Å². The van der Waals surface area contributed by atoms with Crippen LogP contribution in [0.25, 0.3) is 0 Å². The van der Waals surface area contributed by atoms with E-state index in [1.54, 1.807) is 37.4 Å². The van der Waals surface area contributed by atoms with Gasteiger partial charge in [-0.2, -0.15) is 0 Å². The number of ether oxygens (including phenoxy) is 1. The highest BCUT2D eigenvalue weighted by Crippen LogP contribution is 2.22. The maximum Gasteiger partial charge on any atom is 0.273 e. The van der Waals surface area contributed by atoms with Crippen molar-refractivity contribution in [2.24, 2.45) is 0 Å². The van der Waals surface area contributed by atoms with Crippen LogP contribution in [0.1, 0.15) is 31.4 Å². The van der Waals surface area contributed by atoms with E-state index in [-0.39, 0.29) is 30.5 Å². The predicted octanol–water partition coefficient (Wildman–Crippen LogP) is 3.09. The minimum atomic E-state index is -0.689. The Morgan fingerprint density at radius 3 is 2.53 bits per heavy atom. The molecule has 0 aliphatic rings. The summed E-state index contributed by atoms with van der Waals surface area (Å²) in [6.45, 7) is 4.27. The molecule has 2 aromatic rings. The van der Waals surface area contributed by atoms with Crippen molar-refractivity contribution in [3.63, 3.8) is 0 Å². The highest BCUT2D eigenvalue weighted by molar-refractivity contribution is 5.88. The monoisotopic (exact) mass is 413 g/mol. The number of rotatable bonds is 10. The molecule has 0 radical (unpaired) electrons. The van der Waals surface area contributed by atoms with Gasteiger partial charge in [0, 0.05) is 24.7 Å². The summed E-state index contributed by atoms with van der Waals surface area (Å²) in [5, 5.41) is 14.1. The van der Waals surface area contributed by atoms with Gasteiger partial charge in [0.05, 0.1) is 18.5 Å². The highest BCUT2D eigenvalue weighted by atomic mass is 16.6. The van der Waals surface area contributed by atoms with Crippen LogP contribution in [0.4, 0.5) is 5.69 Å². The van der Waals surface area contributed by atoms with E-state index in [1.807, 2.05) is 26.0 Å². The fourth-order valence-corrected chi connectivity index (χ4v) is 3.28. The smallest absolute Gasteiger partial charge is 0.273 e. The van der Waals surface area contributed by atoms with Crippen LogP contribution in [0.3, 0.4) is 0 Å². The molecule has 0 aromatic heterocycles. The molecule has 2 rings (SSSR count). The molecule has 2 amide bonds. The van der Waals surface area contributed by atoms with Gasteiger partial charge in [-0.3, -0.25) is 19.7 Å². The number of nitrogens with zero attached hydrogens (tertiary/aromatic N) is 2. The first-order valence-corrected chi connectivity index (χ1v) is 9.83. The fourth-order valence-electron chi connectivity index (χ4n) is 3.28. The molecule has 8 nitrogen and oxygen atoms in total. The van der Waals surface area contributed by atoms with Gasteiger partial charge >= 0.3 is 0 Å². The van der Waals surface area contributed by atoms with Gasteiger partial charge in [0.15, 0.2) is 0 Å². The number of carbonyl (C=O) groups is 2. The van der Waals surface area contributed by atoms with Gasteiger partial charge in [-0.25, -0.2) is 0 Å². The van der Waals surface area contributed by atoms with Crippen molar-refractivity contribution < 1.29 is 19.2 Å². The van der Waals surface area contributed by atoms with E-state index in [9.17, 15) is 19.7 Å². The lowest BCUT2D eigenvalue weighted by Crippen LogP contribution is -2.49. The Bertz CT molecular complexity index is 900. The number of carbonyl (C=O) groups excluding carboxylic acids is 2. The van der Waals surface area contributed by atoms with E-state index in [1.165, 1.54) is 11.0 Å². The summed E-state index contributed by atoms with van der Waals surface area (Å²) >= 11 is 0. The number of benzene rings is 2. The lowest BCUT2D eigenvalue weighted by molar-refractivity contribution is -0.385. The van der Waals surface area contributed by atoms with E-state index in [4.69, 9.17) is 4.74 Å². The molecule has 0 aliphatic heterocycles. The number of likely N-dealkylation sites (N-methyl/N-ethyl adjacent to an activating group) is 1. The highest BCUT2D eigenvalue weighted by Gasteiger charge is 2.29. The first-order chi connectivity index (χ1) is 14.4. The summed E-state index contributed by atoms with van der Waals surface area (Å²) in [5.41, 5.74) is 1.00. The molecule has 0 fully saturated rings. The molecule has 0 bridgehead atoms. The van der Waals surface area contributed by atoms with Gasteiger partial charge in [0.2, 0.25) is 11.8 Å². The Morgan fingerprint density at radius 2 is 1.90 bits per heavy atom. The van der Waals surface area contributed by atoms with Gasteiger partial charge in [-0.05, 0) is 31.0 Å². The first-order valence-electron chi connectivity index (χ1n) is 9.83. The third-order valence-corrected chi connectivity index (χ3v) is 4.75. The van der Waals surface area contributed by atoms with Crippen molar-refractivity contribution in [3.8, 4) is 5.75 Å². The second-order valence-corrected chi connectivity index (χ2v) is 6.75. The number of amides is 2. The van der Waals surface area contributed by atoms with Crippen LogP contribution in [0.2, 0.25) is 0 Å². The average Bonchev–Trinajstić information content (AvgIpc) is 2.74. The minimum absolute atomic E-state index is 0.113. The molecule has 30 heavy (non-hydrogen) atoms. The minimum Gasteiger partial charge on any atom is -0.497 e. The standard InChI is InChI=1S/C22H27N3O5/c1-4-19(22(27)23-5-2)24(15-16-9-8-11-18(13-16)30-3)21(26)14-17-10-6-7-12-20(17)25(28)29/h6-13,19H,4-5,14-15H2,1-3H3,(H,23,27)/t19-/m0/s1. The SMILES string of the molecule is CCNC(=O)[C@H](CC)N(Cc1cccc(OC)c1)C(=O)Cc1ccccc1[N+](=O)[O-]. The van der Waals surface area contributed by atoms with Crippen LogP contribution < -0.4 is 10.1 Å². The van der Waals surface area contributed by atoms with Crippen LogP contribution in [0, 0.1) is 10.1 Å². The van der Waals surface area contributed by atoms with Gasteiger partial charge in [0.25, 0.3) is 5.69 Å². The third kappa shape index (κ3) is 5.79. The molecule has 0 unspecified atom stereocenters. The van der Waals surface area contributed by atoms with Crippen molar-refractivity contribution >= 4 is 17.5 Å². The van der Waals surface area contributed by atoms with E-state index in [0.717, 1.165) is 5.56 Å². The lowest BCUT2D eigenvalue weighted by Gasteiger charge is -2.30.